The number of aryl methyl sites for hydroxylation is 1. The number of benzene rings is 4. The van der Waals surface area contributed by atoms with E-state index < -0.39 is 41.0 Å². The number of ketones is 1. The number of Topliss-reactive ketones (excluding diaryl/α,β-unsaturated/α-hetero) is 1. The molecular weight excluding hydrogens is 528 g/mol. The van der Waals surface area contributed by atoms with E-state index in [2.05, 4.69) is 10.6 Å². The highest BCUT2D eigenvalue weighted by Crippen LogP contribution is 2.47. The van der Waals surface area contributed by atoms with Crippen LogP contribution in [-0.4, -0.2) is 28.3 Å². The summed E-state index contributed by atoms with van der Waals surface area (Å²) in [5.41, 5.74) is 2.05. The highest BCUT2D eigenvalue weighted by Gasteiger charge is 2.56. The van der Waals surface area contributed by atoms with Gasteiger partial charge in [-0.05, 0) is 66.9 Å². The predicted molar refractivity (Wildman–Crippen MR) is 162 cm³/mol. The van der Waals surface area contributed by atoms with Gasteiger partial charge in [-0.1, -0.05) is 72.8 Å². The minimum absolute atomic E-state index is 0.327. The Bertz CT molecular complexity index is 1570. The van der Waals surface area contributed by atoms with E-state index in [1.807, 2.05) is 43.3 Å². The van der Waals surface area contributed by atoms with Gasteiger partial charge in [-0.25, -0.2) is 0 Å². The third kappa shape index (κ3) is 6.42. The number of rotatable bonds is 8. The average molecular weight is 563 g/mol. The van der Waals surface area contributed by atoms with E-state index in [9.17, 15) is 19.5 Å². The third-order valence-corrected chi connectivity index (χ3v) is 7.81. The molecule has 4 unspecified atom stereocenters. The molecule has 0 saturated heterocycles. The molecule has 4 aromatic rings. The number of hydrogen-bond acceptors (Lipinski definition) is 5. The summed E-state index contributed by atoms with van der Waals surface area (Å²) in [6.45, 7) is 3.82. The Morgan fingerprint density at radius 2 is 1.43 bits per heavy atom. The second-order valence-electron chi connectivity index (χ2n) is 11.0. The lowest BCUT2D eigenvalue weighted by molar-refractivity contribution is -0.150. The van der Waals surface area contributed by atoms with Crippen LogP contribution in [0.4, 0.5) is 11.4 Å². The number of para-hydroxylation sites is 2. The molecular formula is C35H34N2O5. The fourth-order valence-corrected chi connectivity index (χ4v) is 5.72. The molecule has 0 aromatic heterocycles. The summed E-state index contributed by atoms with van der Waals surface area (Å²) in [6.07, 6.45) is -0.341. The topological polar surface area (TPSA) is 105 Å². The minimum Gasteiger partial charge on any atom is -0.489 e. The Labute approximate surface area is 245 Å². The molecule has 3 N–H and O–H groups in total. The number of amides is 2. The van der Waals surface area contributed by atoms with Gasteiger partial charge < -0.3 is 20.5 Å². The van der Waals surface area contributed by atoms with Crippen LogP contribution >= 0.6 is 0 Å². The lowest BCUT2D eigenvalue weighted by Gasteiger charge is -2.44. The van der Waals surface area contributed by atoms with Crippen molar-refractivity contribution < 1.29 is 24.2 Å². The Morgan fingerprint density at radius 1 is 0.833 bits per heavy atom. The van der Waals surface area contributed by atoms with Crippen LogP contribution in [0.5, 0.6) is 5.75 Å². The maximum Gasteiger partial charge on any atom is 0.235 e. The second kappa shape index (κ2) is 12.4. The van der Waals surface area contributed by atoms with Crippen molar-refractivity contribution in [3.8, 4) is 5.75 Å². The maximum atomic E-state index is 13.9. The van der Waals surface area contributed by atoms with Gasteiger partial charge in [0.1, 0.15) is 24.1 Å². The molecule has 214 valence electrons. The Kier molecular flexibility index (Phi) is 8.50. The molecule has 1 saturated carbocycles. The Hall–Kier alpha value is -4.75. The van der Waals surface area contributed by atoms with E-state index >= 15 is 0 Å². The van der Waals surface area contributed by atoms with E-state index in [4.69, 9.17) is 4.74 Å². The number of carbonyl (C=O) groups is 3. The second-order valence-corrected chi connectivity index (χ2v) is 11.0. The molecule has 0 bridgehead atoms. The first kappa shape index (κ1) is 28.8. The van der Waals surface area contributed by atoms with Crippen LogP contribution in [0.1, 0.15) is 36.0 Å². The van der Waals surface area contributed by atoms with Gasteiger partial charge in [0.25, 0.3) is 0 Å². The van der Waals surface area contributed by atoms with Crippen molar-refractivity contribution in [2.45, 2.75) is 38.4 Å². The van der Waals surface area contributed by atoms with Crippen molar-refractivity contribution >= 4 is 29.0 Å². The molecule has 4 atom stereocenters. The van der Waals surface area contributed by atoms with Crippen molar-refractivity contribution in [2.75, 3.05) is 10.6 Å². The van der Waals surface area contributed by atoms with Crippen molar-refractivity contribution in [1.29, 1.82) is 0 Å². The zero-order chi connectivity index (χ0) is 29.7. The van der Waals surface area contributed by atoms with Crippen LogP contribution in [0.25, 0.3) is 0 Å². The number of nitrogens with one attached hydrogen (secondary N) is 2. The lowest BCUT2D eigenvalue weighted by atomic mass is 9.61. The van der Waals surface area contributed by atoms with Crippen LogP contribution in [0.2, 0.25) is 0 Å². The number of carbonyl (C=O) groups excluding carboxylic acids is 3. The number of anilines is 2. The molecule has 0 radical (unpaired) electrons. The normalized spacial score (nSPS) is 21.8. The van der Waals surface area contributed by atoms with Crippen LogP contribution in [-0.2, 0) is 21.0 Å². The van der Waals surface area contributed by atoms with Crippen LogP contribution < -0.4 is 15.4 Å². The van der Waals surface area contributed by atoms with E-state index in [0.717, 1.165) is 11.1 Å². The highest BCUT2D eigenvalue weighted by molar-refractivity contribution is 6.10. The van der Waals surface area contributed by atoms with E-state index in [-0.39, 0.29) is 6.42 Å². The Balaban J connectivity index is 1.53. The molecule has 7 heteroatoms. The van der Waals surface area contributed by atoms with E-state index in [1.165, 1.54) is 6.92 Å². The summed E-state index contributed by atoms with van der Waals surface area (Å²) in [4.78, 5) is 41.2. The van der Waals surface area contributed by atoms with Gasteiger partial charge >= 0.3 is 0 Å². The summed E-state index contributed by atoms with van der Waals surface area (Å²) in [5.74, 6) is -4.22. The monoisotopic (exact) mass is 562 g/mol. The molecule has 7 nitrogen and oxygen atoms in total. The standard InChI is InChI=1S/C35H34N2O5/c1-23-12-9-10-13-25(23)22-42-28-19-11-14-24(20-28)30-31(33(39)36-26-15-5-3-6-16-26)29(38)21-35(2,41)32(30)34(40)37-27-17-7-4-8-18-27/h3-20,30-32,41H,21-22H2,1-2H3,(H,36,39)(H,37,40). The zero-order valence-corrected chi connectivity index (χ0v) is 23.6. The van der Waals surface area contributed by atoms with E-state index in [0.29, 0.717) is 29.3 Å². The predicted octanol–water partition coefficient (Wildman–Crippen LogP) is 5.89. The van der Waals surface area contributed by atoms with E-state index in [1.54, 1.807) is 72.8 Å². The molecule has 4 aromatic carbocycles. The summed E-state index contributed by atoms with van der Waals surface area (Å²) in [7, 11) is 0. The molecule has 42 heavy (non-hydrogen) atoms. The van der Waals surface area contributed by atoms with Gasteiger partial charge in [-0.3, -0.25) is 14.4 Å². The fraction of sp³-hybridized carbons (Fsp3) is 0.229. The van der Waals surface area contributed by atoms with Crippen LogP contribution in [0, 0.1) is 18.8 Å². The van der Waals surface area contributed by atoms with Crippen molar-refractivity contribution in [3.63, 3.8) is 0 Å². The summed E-state index contributed by atoms with van der Waals surface area (Å²) in [5, 5.41) is 17.3. The number of ether oxygens (including phenoxy) is 1. The fourth-order valence-electron chi connectivity index (χ4n) is 5.72. The Morgan fingerprint density at radius 3 is 2.07 bits per heavy atom. The number of aliphatic hydroxyl groups is 1. The van der Waals surface area contributed by atoms with Gasteiger partial charge in [0.15, 0.2) is 0 Å². The first-order valence-electron chi connectivity index (χ1n) is 14.0. The number of hydrogen-bond donors (Lipinski definition) is 3. The molecule has 5 rings (SSSR count). The van der Waals surface area contributed by atoms with Crippen LogP contribution in [0.15, 0.2) is 109 Å². The quantitative estimate of drug-likeness (QED) is 0.232. The molecule has 0 heterocycles. The summed E-state index contributed by atoms with van der Waals surface area (Å²) >= 11 is 0. The molecule has 0 aliphatic heterocycles. The van der Waals surface area contributed by atoms with Crippen molar-refractivity contribution in [3.05, 3.63) is 126 Å². The van der Waals surface area contributed by atoms with Crippen molar-refractivity contribution in [1.82, 2.24) is 0 Å². The first-order valence-corrected chi connectivity index (χ1v) is 14.0. The van der Waals surface area contributed by atoms with Gasteiger partial charge in [0.2, 0.25) is 11.8 Å². The van der Waals surface area contributed by atoms with Gasteiger partial charge in [0, 0.05) is 23.7 Å². The maximum absolute atomic E-state index is 13.9. The summed E-state index contributed by atoms with van der Waals surface area (Å²) < 4.78 is 6.12. The van der Waals surface area contributed by atoms with Gasteiger partial charge in [0.05, 0.1) is 11.5 Å². The first-order chi connectivity index (χ1) is 20.2. The largest absolute Gasteiger partial charge is 0.489 e. The van der Waals surface area contributed by atoms with Gasteiger partial charge in [-0.2, -0.15) is 0 Å². The minimum atomic E-state index is -1.71. The smallest absolute Gasteiger partial charge is 0.235 e. The third-order valence-electron chi connectivity index (χ3n) is 7.81. The SMILES string of the molecule is Cc1ccccc1COc1cccc(C2C(C(=O)Nc3ccccc3)C(=O)CC(C)(O)C2C(=O)Nc2ccccc2)c1. The average Bonchev–Trinajstić information content (AvgIpc) is 2.97. The summed E-state index contributed by atoms with van der Waals surface area (Å²) in [6, 6.07) is 32.8. The zero-order valence-electron chi connectivity index (χ0n) is 23.6. The molecule has 1 fully saturated rings. The molecule has 1 aliphatic carbocycles. The van der Waals surface area contributed by atoms with Gasteiger partial charge in [-0.15, -0.1) is 0 Å². The lowest BCUT2D eigenvalue weighted by Crippen LogP contribution is -2.56. The van der Waals surface area contributed by atoms with Crippen molar-refractivity contribution in [2.24, 2.45) is 11.8 Å². The molecule has 0 spiro atoms. The highest BCUT2D eigenvalue weighted by atomic mass is 16.5. The molecule has 2 amide bonds. The molecule has 1 aliphatic rings. The van der Waals surface area contributed by atoms with Crippen LogP contribution in [0.3, 0.4) is 0 Å².